The molecular weight excluding hydrogens is 142 g/mol. The summed E-state index contributed by atoms with van der Waals surface area (Å²) in [4.78, 5) is 0. The fourth-order valence-corrected chi connectivity index (χ4v) is 0.976. The molecule has 0 aromatic rings. The van der Waals surface area contributed by atoms with Crippen LogP contribution in [0.3, 0.4) is 0 Å². The molecule has 0 spiro atoms. The lowest BCUT2D eigenvalue weighted by Gasteiger charge is -2.10. The van der Waals surface area contributed by atoms with Gasteiger partial charge in [0.05, 0.1) is 0 Å². The summed E-state index contributed by atoms with van der Waals surface area (Å²) in [6.45, 7) is 12.5. The van der Waals surface area contributed by atoms with Crippen molar-refractivity contribution in [3.8, 4) is 0 Å². The SMILES string of the molecule is BC(=C)/C(C)=C(/C)C(B)=C(C)C. The van der Waals surface area contributed by atoms with E-state index >= 15 is 0 Å². The van der Waals surface area contributed by atoms with Gasteiger partial charge in [0, 0.05) is 0 Å². The van der Waals surface area contributed by atoms with Crippen LogP contribution in [0.25, 0.3) is 0 Å². The number of hydrogen-bond acceptors (Lipinski definition) is 0. The minimum Gasteiger partial charge on any atom is -0.105 e. The lowest BCUT2D eigenvalue weighted by Crippen LogP contribution is -1.94. The van der Waals surface area contributed by atoms with E-state index in [-0.39, 0.29) is 0 Å². The van der Waals surface area contributed by atoms with Crippen LogP contribution in [-0.4, -0.2) is 15.7 Å². The predicted octanol–water partition coefficient (Wildman–Crippen LogP) is 1.40. The van der Waals surface area contributed by atoms with Crippen LogP contribution in [0.1, 0.15) is 27.7 Å². The van der Waals surface area contributed by atoms with E-state index in [9.17, 15) is 0 Å². The number of rotatable bonds is 2. The summed E-state index contributed by atoms with van der Waals surface area (Å²) in [6.07, 6.45) is 0. The molecule has 0 bridgehead atoms. The van der Waals surface area contributed by atoms with Gasteiger partial charge >= 0.3 is 0 Å². The molecule has 0 aliphatic carbocycles. The molecule has 0 fully saturated rings. The smallest absolute Gasteiger partial charge is 0.105 e. The molecule has 0 rings (SSSR count). The van der Waals surface area contributed by atoms with Crippen LogP contribution in [0.4, 0.5) is 0 Å². The monoisotopic (exact) mass is 160 g/mol. The third kappa shape index (κ3) is 2.77. The summed E-state index contributed by atoms with van der Waals surface area (Å²) in [6, 6.07) is 0. The molecule has 0 saturated heterocycles. The van der Waals surface area contributed by atoms with Crippen LogP contribution in [0, 0.1) is 0 Å². The van der Waals surface area contributed by atoms with Crippen LogP contribution in [0.5, 0.6) is 0 Å². The third-order valence-corrected chi connectivity index (χ3v) is 2.52. The Hall–Kier alpha value is -0.650. The van der Waals surface area contributed by atoms with Crippen molar-refractivity contribution in [3.05, 3.63) is 34.2 Å². The Morgan fingerprint density at radius 2 is 1.33 bits per heavy atom. The molecule has 0 amide bonds. The zero-order valence-electron chi connectivity index (χ0n) is 9.21. The molecule has 0 saturated carbocycles. The summed E-state index contributed by atoms with van der Waals surface area (Å²) >= 11 is 0. The second kappa shape index (κ2) is 4.39. The van der Waals surface area contributed by atoms with Crippen LogP contribution in [0.15, 0.2) is 34.2 Å². The quantitative estimate of drug-likeness (QED) is 0.422. The number of allylic oxidation sites excluding steroid dienone is 5. The standard InChI is InChI=1S/C10H18B2/c1-6(2)10(12)8(4)7(3)9(5)11/h5,11-12H2,1-4H3/b8-7-. The molecule has 0 aliphatic heterocycles. The van der Waals surface area contributed by atoms with Gasteiger partial charge in [-0.1, -0.05) is 27.7 Å². The fourth-order valence-electron chi connectivity index (χ4n) is 0.976. The molecule has 0 N–H and O–H groups in total. The Morgan fingerprint density at radius 1 is 0.917 bits per heavy atom. The first-order chi connectivity index (χ1) is 5.37. The number of hydrogen-bond donors (Lipinski definition) is 0. The van der Waals surface area contributed by atoms with Crippen molar-refractivity contribution in [2.45, 2.75) is 27.7 Å². The Morgan fingerprint density at radius 3 is 1.58 bits per heavy atom. The van der Waals surface area contributed by atoms with Gasteiger partial charge in [-0.25, -0.2) is 0 Å². The van der Waals surface area contributed by atoms with Crippen molar-refractivity contribution >= 4 is 15.7 Å². The van der Waals surface area contributed by atoms with Gasteiger partial charge in [0.2, 0.25) is 0 Å². The predicted molar refractivity (Wildman–Crippen MR) is 63.0 cm³/mol. The summed E-state index contributed by atoms with van der Waals surface area (Å²) in [5.74, 6) is 0. The van der Waals surface area contributed by atoms with E-state index in [0.717, 1.165) is 5.47 Å². The minimum atomic E-state index is 1.16. The van der Waals surface area contributed by atoms with Crippen LogP contribution in [0.2, 0.25) is 0 Å². The average molecular weight is 160 g/mol. The molecule has 0 heterocycles. The molecule has 0 aromatic carbocycles. The van der Waals surface area contributed by atoms with Crippen LogP contribution < -0.4 is 0 Å². The summed E-state index contributed by atoms with van der Waals surface area (Å²) in [5.41, 5.74) is 6.60. The minimum absolute atomic E-state index is 1.16. The molecule has 0 radical (unpaired) electrons. The highest BCUT2D eigenvalue weighted by Crippen LogP contribution is 2.17. The van der Waals surface area contributed by atoms with Crippen molar-refractivity contribution in [1.29, 1.82) is 0 Å². The molecule has 64 valence electrons. The Balaban J connectivity index is 5.06. The molecule has 0 atom stereocenters. The first-order valence-corrected chi connectivity index (χ1v) is 4.35. The largest absolute Gasteiger partial charge is 0.139 e. The lowest BCUT2D eigenvalue weighted by atomic mass is 9.79. The van der Waals surface area contributed by atoms with E-state index in [4.69, 9.17) is 0 Å². The second-order valence-corrected chi connectivity index (χ2v) is 3.66. The van der Waals surface area contributed by atoms with Crippen molar-refractivity contribution < 1.29 is 0 Å². The van der Waals surface area contributed by atoms with E-state index in [1.54, 1.807) is 0 Å². The topological polar surface area (TPSA) is 0 Å². The zero-order valence-corrected chi connectivity index (χ0v) is 9.21. The highest BCUT2D eigenvalue weighted by Gasteiger charge is 2.00. The first-order valence-electron chi connectivity index (χ1n) is 4.35. The second-order valence-electron chi connectivity index (χ2n) is 3.66. The van der Waals surface area contributed by atoms with Crippen molar-refractivity contribution in [2.75, 3.05) is 0 Å². The van der Waals surface area contributed by atoms with Crippen LogP contribution in [-0.2, 0) is 0 Å². The normalized spacial score (nSPS) is 12.0. The van der Waals surface area contributed by atoms with Crippen molar-refractivity contribution in [1.82, 2.24) is 0 Å². The Kier molecular flexibility index (Phi) is 4.16. The highest BCUT2D eigenvalue weighted by molar-refractivity contribution is 6.26. The van der Waals surface area contributed by atoms with Gasteiger partial charge in [0.1, 0.15) is 15.7 Å². The Labute approximate surface area is 78.3 Å². The molecule has 0 aliphatic rings. The van der Waals surface area contributed by atoms with Gasteiger partial charge in [0.15, 0.2) is 0 Å². The van der Waals surface area contributed by atoms with Gasteiger partial charge < -0.3 is 0 Å². The van der Waals surface area contributed by atoms with Crippen molar-refractivity contribution in [2.24, 2.45) is 0 Å². The van der Waals surface area contributed by atoms with E-state index in [1.807, 2.05) is 0 Å². The molecule has 0 nitrogen and oxygen atoms in total. The third-order valence-electron chi connectivity index (χ3n) is 2.52. The fraction of sp³-hybridized carbons (Fsp3) is 0.400. The zero-order chi connectivity index (χ0) is 9.89. The van der Waals surface area contributed by atoms with E-state index in [2.05, 4.69) is 50.0 Å². The molecule has 0 aromatic heterocycles. The van der Waals surface area contributed by atoms with E-state index in [0.29, 0.717) is 0 Å². The van der Waals surface area contributed by atoms with Gasteiger partial charge in [-0.15, -0.1) is 6.58 Å². The molecule has 2 heteroatoms. The maximum Gasteiger partial charge on any atom is 0.139 e. The van der Waals surface area contributed by atoms with E-state index in [1.165, 1.54) is 22.2 Å². The van der Waals surface area contributed by atoms with Crippen molar-refractivity contribution in [3.63, 3.8) is 0 Å². The summed E-state index contributed by atoms with van der Waals surface area (Å²) in [7, 11) is 4.22. The molecular formula is C10H18B2. The van der Waals surface area contributed by atoms with Gasteiger partial charge in [-0.3, -0.25) is 0 Å². The maximum absolute atomic E-state index is 3.94. The van der Waals surface area contributed by atoms with E-state index < -0.39 is 0 Å². The molecule has 12 heavy (non-hydrogen) atoms. The van der Waals surface area contributed by atoms with Gasteiger partial charge in [-0.05, 0) is 27.7 Å². The first kappa shape index (κ1) is 11.3. The maximum atomic E-state index is 3.94. The van der Waals surface area contributed by atoms with Crippen LogP contribution >= 0.6 is 0 Å². The summed E-state index contributed by atoms with van der Waals surface area (Å²) < 4.78 is 0. The average Bonchev–Trinajstić information content (AvgIpc) is 2.00. The highest BCUT2D eigenvalue weighted by atomic mass is 14.0. The summed E-state index contributed by atoms with van der Waals surface area (Å²) in [5, 5.41) is 0. The molecule has 0 unspecified atom stereocenters. The Bertz CT molecular complexity index is 253. The lowest BCUT2D eigenvalue weighted by molar-refractivity contribution is 1.28. The van der Waals surface area contributed by atoms with Gasteiger partial charge in [0.25, 0.3) is 0 Å². The van der Waals surface area contributed by atoms with Gasteiger partial charge in [-0.2, -0.15) is 0 Å².